The summed E-state index contributed by atoms with van der Waals surface area (Å²) in [5, 5.41) is 12.5. The lowest BCUT2D eigenvalue weighted by Gasteiger charge is -2.18. The molecule has 1 saturated heterocycles. The Morgan fingerprint density at radius 1 is 1.30 bits per heavy atom. The zero-order chi connectivity index (χ0) is 19.8. The van der Waals surface area contributed by atoms with Gasteiger partial charge in [-0.25, -0.2) is 0 Å². The minimum absolute atomic E-state index is 0.0246. The second-order valence-corrected chi connectivity index (χ2v) is 8.79. The number of carbonyl (C=O) groups excluding carboxylic acids is 2. The van der Waals surface area contributed by atoms with Crippen LogP contribution < -0.4 is 10.2 Å². The largest absolute Gasteiger partial charge is 0.312 e. The van der Waals surface area contributed by atoms with Crippen LogP contribution in [0.1, 0.15) is 49.7 Å². The van der Waals surface area contributed by atoms with E-state index in [0.29, 0.717) is 11.7 Å². The maximum absolute atomic E-state index is 12.6. The number of nitrogens with one attached hydrogen (secondary N) is 1. The third-order valence-corrected chi connectivity index (χ3v) is 6.62. The van der Waals surface area contributed by atoms with Crippen LogP contribution >= 0.6 is 11.3 Å². The van der Waals surface area contributed by atoms with Gasteiger partial charge in [0.15, 0.2) is 0 Å². The van der Waals surface area contributed by atoms with E-state index >= 15 is 0 Å². The monoisotopic (exact) mass is 386 g/mol. The summed E-state index contributed by atoms with van der Waals surface area (Å²) in [6.45, 7) is 10.8. The lowest BCUT2D eigenvalue weighted by molar-refractivity contribution is -0.122. The average molecular weight is 387 g/mol. The number of aromatic nitrogens is 2. The highest BCUT2D eigenvalue weighted by Gasteiger charge is 2.35. The van der Waals surface area contributed by atoms with Gasteiger partial charge in [0, 0.05) is 24.1 Å². The molecule has 3 rings (SSSR count). The molecule has 1 aliphatic heterocycles. The van der Waals surface area contributed by atoms with Crippen molar-refractivity contribution in [3.8, 4) is 0 Å². The molecule has 0 unspecified atom stereocenters. The molecule has 1 aliphatic rings. The van der Waals surface area contributed by atoms with E-state index in [-0.39, 0.29) is 29.6 Å². The van der Waals surface area contributed by atoms with Gasteiger partial charge in [-0.1, -0.05) is 38.2 Å². The first-order chi connectivity index (χ1) is 12.7. The number of hydrogen-bond acceptors (Lipinski definition) is 5. The molecule has 1 aromatic carbocycles. The van der Waals surface area contributed by atoms with Crippen molar-refractivity contribution in [3.05, 3.63) is 34.3 Å². The zero-order valence-electron chi connectivity index (χ0n) is 16.5. The van der Waals surface area contributed by atoms with Gasteiger partial charge in [-0.15, -0.1) is 10.2 Å². The fraction of sp³-hybridized carbons (Fsp3) is 0.500. The van der Waals surface area contributed by atoms with E-state index < -0.39 is 0 Å². The lowest BCUT2D eigenvalue weighted by Crippen LogP contribution is -2.28. The maximum atomic E-state index is 12.6. The van der Waals surface area contributed by atoms with E-state index in [0.717, 1.165) is 22.7 Å². The summed E-state index contributed by atoms with van der Waals surface area (Å²) in [5.41, 5.74) is 3.10. The Kier molecular flexibility index (Phi) is 5.33. The van der Waals surface area contributed by atoms with Crippen LogP contribution in [0.3, 0.4) is 0 Å². The van der Waals surface area contributed by atoms with E-state index in [1.165, 1.54) is 16.9 Å². The molecule has 1 atom stereocenters. The van der Waals surface area contributed by atoms with Crippen LogP contribution in [0.25, 0.3) is 0 Å². The van der Waals surface area contributed by atoms with Crippen LogP contribution in [-0.2, 0) is 15.0 Å². The molecule has 2 heterocycles. The Bertz CT molecular complexity index is 875. The Morgan fingerprint density at radius 3 is 2.70 bits per heavy atom. The van der Waals surface area contributed by atoms with Crippen LogP contribution in [0, 0.1) is 19.8 Å². The lowest BCUT2D eigenvalue weighted by atomic mass is 9.91. The van der Waals surface area contributed by atoms with E-state index in [1.54, 1.807) is 4.90 Å². The molecule has 0 saturated carbocycles. The number of amides is 2. The molecule has 0 radical (unpaired) electrons. The van der Waals surface area contributed by atoms with Gasteiger partial charge < -0.3 is 10.2 Å². The van der Waals surface area contributed by atoms with Gasteiger partial charge in [0.2, 0.25) is 16.9 Å². The molecular weight excluding hydrogens is 360 g/mol. The Morgan fingerprint density at radius 2 is 2.04 bits per heavy atom. The number of rotatable bonds is 5. The summed E-state index contributed by atoms with van der Waals surface area (Å²) < 4.78 is 0. The summed E-state index contributed by atoms with van der Waals surface area (Å²) in [5.74, 6) is -0.583. The number of anilines is 2. The first-order valence-electron chi connectivity index (χ1n) is 9.23. The molecule has 7 heteroatoms. The fourth-order valence-electron chi connectivity index (χ4n) is 2.93. The molecule has 1 N–H and O–H groups in total. The maximum Gasteiger partial charge on any atom is 0.231 e. The van der Waals surface area contributed by atoms with E-state index in [9.17, 15) is 9.59 Å². The quantitative estimate of drug-likeness (QED) is 0.847. The van der Waals surface area contributed by atoms with E-state index in [4.69, 9.17) is 0 Å². The molecular formula is C20H26N4O2S. The van der Waals surface area contributed by atoms with E-state index in [2.05, 4.69) is 36.3 Å². The molecule has 1 aromatic heterocycles. The number of benzene rings is 1. The number of hydrogen-bond donors (Lipinski definition) is 1. The highest BCUT2D eigenvalue weighted by Crippen LogP contribution is 2.32. The smallest absolute Gasteiger partial charge is 0.231 e. The zero-order valence-corrected chi connectivity index (χ0v) is 17.3. The summed E-state index contributed by atoms with van der Waals surface area (Å²) in [6, 6.07) is 5.94. The first kappa shape index (κ1) is 19.5. The third-order valence-electron chi connectivity index (χ3n) is 5.42. The van der Waals surface area contributed by atoms with Crippen molar-refractivity contribution in [2.45, 2.75) is 52.9 Å². The van der Waals surface area contributed by atoms with Gasteiger partial charge in [0.1, 0.15) is 5.01 Å². The van der Waals surface area contributed by atoms with Crippen molar-refractivity contribution < 1.29 is 9.59 Å². The Labute approximate surface area is 164 Å². The van der Waals surface area contributed by atoms with Crippen LogP contribution in [0.4, 0.5) is 10.8 Å². The topological polar surface area (TPSA) is 75.2 Å². The SMILES string of the molecule is CCC(C)(C)c1nnc(NC(=O)[C@@H]2CC(=O)N(c3ccc(C)c(C)c3)C2)s1. The Hall–Kier alpha value is -2.28. The average Bonchev–Trinajstić information content (AvgIpc) is 3.24. The molecule has 144 valence electrons. The predicted molar refractivity (Wildman–Crippen MR) is 108 cm³/mol. The van der Waals surface area contributed by atoms with E-state index in [1.807, 2.05) is 32.0 Å². The van der Waals surface area contributed by atoms with Gasteiger partial charge in [-0.05, 0) is 43.5 Å². The molecule has 2 amide bonds. The molecule has 6 nitrogen and oxygen atoms in total. The molecule has 2 aromatic rings. The van der Waals surface area contributed by atoms with Crippen LogP contribution in [-0.4, -0.2) is 28.6 Å². The molecule has 0 bridgehead atoms. The summed E-state index contributed by atoms with van der Waals surface area (Å²) in [4.78, 5) is 26.8. The molecule has 1 fully saturated rings. The number of carbonyl (C=O) groups is 2. The van der Waals surface area contributed by atoms with Gasteiger partial charge in [-0.2, -0.15) is 0 Å². The second-order valence-electron chi connectivity index (χ2n) is 7.81. The van der Waals surface area contributed by atoms with Crippen molar-refractivity contribution in [3.63, 3.8) is 0 Å². The van der Waals surface area contributed by atoms with Crippen molar-refractivity contribution in [1.29, 1.82) is 0 Å². The summed E-state index contributed by atoms with van der Waals surface area (Å²) >= 11 is 1.40. The van der Waals surface area contributed by atoms with Crippen molar-refractivity contribution in [2.75, 3.05) is 16.8 Å². The number of nitrogens with zero attached hydrogens (tertiary/aromatic N) is 3. The second kappa shape index (κ2) is 7.38. The molecule has 0 aliphatic carbocycles. The van der Waals surface area contributed by atoms with Crippen molar-refractivity contribution in [2.24, 2.45) is 5.92 Å². The Balaban J connectivity index is 1.68. The summed E-state index contributed by atoms with van der Waals surface area (Å²) in [7, 11) is 0. The highest BCUT2D eigenvalue weighted by atomic mass is 32.1. The van der Waals surface area contributed by atoms with Gasteiger partial charge in [-0.3, -0.25) is 9.59 Å². The van der Waals surface area contributed by atoms with Gasteiger partial charge in [0.05, 0.1) is 5.92 Å². The van der Waals surface area contributed by atoms with Crippen LogP contribution in [0.15, 0.2) is 18.2 Å². The minimum atomic E-state index is -0.384. The van der Waals surface area contributed by atoms with Crippen LogP contribution in [0.5, 0.6) is 0 Å². The highest BCUT2D eigenvalue weighted by molar-refractivity contribution is 7.15. The van der Waals surface area contributed by atoms with Gasteiger partial charge >= 0.3 is 0 Å². The van der Waals surface area contributed by atoms with Crippen LogP contribution in [0.2, 0.25) is 0 Å². The first-order valence-corrected chi connectivity index (χ1v) is 10.1. The van der Waals surface area contributed by atoms with Crippen molar-refractivity contribution in [1.82, 2.24) is 10.2 Å². The standard InChI is InChI=1S/C20H26N4O2S/c1-6-20(4,5)18-22-23-19(27-18)21-17(26)14-10-16(25)24(11-14)15-8-7-12(2)13(3)9-15/h7-9,14H,6,10-11H2,1-5H3,(H,21,23,26)/t14-/m1/s1. The predicted octanol–water partition coefficient (Wildman–Crippen LogP) is 3.83. The number of aryl methyl sites for hydroxylation is 2. The molecule has 0 spiro atoms. The van der Waals surface area contributed by atoms with Crippen molar-refractivity contribution >= 4 is 34.0 Å². The normalized spacial score (nSPS) is 17.4. The van der Waals surface area contributed by atoms with Gasteiger partial charge in [0.25, 0.3) is 0 Å². The molecule has 27 heavy (non-hydrogen) atoms. The summed E-state index contributed by atoms with van der Waals surface area (Å²) in [6.07, 6.45) is 1.16. The minimum Gasteiger partial charge on any atom is -0.312 e. The fourth-order valence-corrected chi connectivity index (χ4v) is 3.85. The third kappa shape index (κ3) is 4.03.